The number of methoxy groups -OCH3 is 2. The summed E-state index contributed by atoms with van der Waals surface area (Å²) in [5, 5.41) is 2.66. The quantitative estimate of drug-likeness (QED) is 0.571. The molecule has 7 nitrogen and oxygen atoms in total. The number of ether oxygens (including phenoxy) is 4. The first-order valence-electron chi connectivity index (χ1n) is 8.07. The van der Waals surface area contributed by atoms with Gasteiger partial charge in [-0.15, -0.1) is 0 Å². The number of alkyl carbamates (subject to hydrolysis) is 1. The van der Waals surface area contributed by atoms with E-state index in [-0.39, 0.29) is 6.61 Å². The van der Waals surface area contributed by atoms with Gasteiger partial charge in [-0.05, 0) is 39.3 Å². The van der Waals surface area contributed by atoms with E-state index >= 15 is 0 Å². The van der Waals surface area contributed by atoms with E-state index in [4.69, 9.17) is 18.9 Å². The second-order valence-corrected chi connectivity index (χ2v) is 6.31. The highest BCUT2D eigenvalue weighted by atomic mass is 16.6. The van der Waals surface area contributed by atoms with Crippen molar-refractivity contribution in [1.29, 1.82) is 0 Å². The van der Waals surface area contributed by atoms with Gasteiger partial charge in [0, 0.05) is 18.7 Å². The van der Waals surface area contributed by atoms with Crippen LogP contribution in [0.1, 0.15) is 43.1 Å². The van der Waals surface area contributed by atoms with Crippen molar-refractivity contribution in [2.75, 3.05) is 27.4 Å². The van der Waals surface area contributed by atoms with Crippen LogP contribution in [0, 0.1) is 0 Å². The Morgan fingerprint density at radius 3 is 2.48 bits per heavy atom. The molecule has 0 aliphatic heterocycles. The number of benzene rings is 1. The third-order valence-electron chi connectivity index (χ3n) is 3.14. The molecule has 0 bridgehead atoms. The summed E-state index contributed by atoms with van der Waals surface area (Å²) in [7, 11) is 2.86. The second-order valence-electron chi connectivity index (χ2n) is 6.31. The monoisotopic (exact) mass is 353 g/mol. The van der Waals surface area contributed by atoms with Crippen molar-refractivity contribution in [2.45, 2.75) is 39.4 Å². The van der Waals surface area contributed by atoms with E-state index in [9.17, 15) is 9.59 Å². The summed E-state index contributed by atoms with van der Waals surface area (Å²) in [4.78, 5) is 23.3. The maximum absolute atomic E-state index is 11.8. The van der Waals surface area contributed by atoms with Crippen molar-refractivity contribution in [2.24, 2.45) is 0 Å². The molecule has 1 N–H and O–H groups in total. The number of rotatable bonds is 8. The molecule has 1 rings (SSSR count). The summed E-state index contributed by atoms with van der Waals surface area (Å²) >= 11 is 0. The van der Waals surface area contributed by atoms with Gasteiger partial charge in [0.2, 0.25) is 0 Å². The molecule has 0 atom stereocenters. The molecule has 140 valence electrons. The fourth-order valence-corrected chi connectivity index (χ4v) is 2.06. The molecule has 1 amide bonds. The molecule has 0 saturated carbocycles. The molecule has 0 spiro atoms. The van der Waals surface area contributed by atoms with Crippen LogP contribution in [0.3, 0.4) is 0 Å². The standard InChI is InChI=1S/C18H27NO6/c1-18(2,3)25-17(21)19-10-7-11-24-12-14-13(16(20)23-5)8-6-9-15(14)22-4/h6,8-9H,7,10-12H2,1-5H3,(H,19,21). The zero-order chi connectivity index (χ0) is 18.9. The van der Waals surface area contributed by atoms with Gasteiger partial charge in [0.05, 0.1) is 26.4 Å². The largest absolute Gasteiger partial charge is 0.496 e. The Morgan fingerprint density at radius 1 is 1.16 bits per heavy atom. The molecule has 0 aliphatic rings. The van der Waals surface area contributed by atoms with Gasteiger partial charge in [-0.3, -0.25) is 0 Å². The van der Waals surface area contributed by atoms with Crippen molar-refractivity contribution in [3.05, 3.63) is 29.3 Å². The maximum Gasteiger partial charge on any atom is 0.407 e. The Morgan fingerprint density at radius 2 is 1.88 bits per heavy atom. The van der Waals surface area contributed by atoms with Crippen LogP contribution < -0.4 is 10.1 Å². The normalized spacial score (nSPS) is 10.9. The SMILES string of the molecule is COC(=O)c1cccc(OC)c1COCCCNC(=O)OC(C)(C)C. The number of nitrogens with one attached hydrogen (secondary N) is 1. The first-order chi connectivity index (χ1) is 11.8. The molecule has 0 radical (unpaired) electrons. The highest BCUT2D eigenvalue weighted by Gasteiger charge is 2.17. The van der Waals surface area contributed by atoms with Gasteiger partial charge in [0.25, 0.3) is 0 Å². The van der Waals surface area contributed by atoms with E-state index in [1.807, 2.05) is 20.8 Å². The van der Waals surface area contributed by atoms with Crippen molar-refractivity contribution in [1.82, 2.24) is 5.32 Å². The Balaban J connectivity index is 2.44. The van der Waals surface area contributed by atoms with Gasteiger partial charge >= 0.3 is 12.1 Å². The molecule has 1 aromatic rings. The molecule has 0 fully saturated rings. The topological polar surface area (TPSA) is 83.1 Å². The molecule has 0 saturated heterocycles. The first kappa shape index (κ1) is 20.8. The number of carbonyl (C=O) groups is 2. The van der Waals surface area contributed by atoms with Gasteiger partial charge in [0.1, 0.15) is 11.4 Å². The Labute approximate surface area is 148 Å². The minimum atomic E-state index is -0.519. The maximum atomic E-state index is 11.8. The van der Waals surface area contributed by atoms with Crippen LogP contribution in [-0.2, 0) is 20.8 Å². The lowest BCUT2D eigenvalue weighted by Crippen LogP contribution is -2.33. The number of hydrogen-bond donors (Lipinski definition) is 1. The smallest absolute Gasteiger partial charge is 0.407 e. The summed E-state index contributed by atoms with van der Waals surface area (Å²) in [6.45, 7) is 6.48. The number of esters is 1. The average Bonchev–Trinajstić information content (AvgIpc) is 2.55. The molecular formula is C18H27NO6. The van der Waals surface area contributed by atoms with Crippen LogP contribution in [0.4, 0.5) is 4.79 Å². The lowest BCUT2D eigenvalue weighted by molar-refractivity contribution is 0.0513. The van der Waals surface area contributed by atoms with E-state index in [1.165, 1.54) is 14.2 Å². The molecule has 7 heteroatoms. The van der Waals surface area contributed by atoms with E-state index in [0.29, 0.717) is 36.4 Å². The van der Waals surface area contributed by atoms with Crippen LogP contribution >= 0.6 is 0 Å². The third kappa shape index (κ3) is 7.43. The predicted octanol–water partition coefficient (Wildman–Crippen LogP) is 2.91. The van der Waals surface area contributed by atoms with Gasteiger partial charge < -0.3 is 24.3 Å². The Kier molecular flexibility index (Phi) is 8.21. The molecule has 0 unspecified atom stereocenters. The Bertz CT molecular complexity index is 579. The van der Waals surface area contributed by atoms with Crippen LogP contribution in [-0.4, -0.2) is 45.0 Å². The second kappa shape index (κ2) is 9.88. The summed E-state index contributed by atoms with van der Waals surface area (Å²) in [6.07, 6.45) is 0.160. The first-order valence-corrected chi connectivity index (χ1v) is 8.07. The van der Waals surface area contributed by atoms with E-state index in [0.717, 1.165) is 0 Å². The average molecular weight is 353 g/mol. The summed E-state index contributed by atoms with van der Waals surface area (Å²) in [5.41, 5.74) is 0.528. The van der Waals surface area contributed by atoms with Crippen molar-refractivity contribution >= 4 is 12.1 Å². The molecule has 0 aliphatic carbocycles. The summed E-state index contributed by atoms with van der Waals surface area (Å²) in [6, 6.07) is 5.14. The highest BCUT2D eigenvalue weighted by molar-refractivity contribution is 5.91. The van der Waals surface area contributed by atoms with Gasteiger partial charge in [0.15, 0.2) is 0 Å². The van der Waals surface area contributed by atoms with Crippen LogP contribution in [0.2, 0.25) is 0 Å². The zero-order valence-electron chi connectivity index (χ0n) is 15.5. The number of carbonyl (C=O) groups excluding carboxylic acids is 2. The molecule has 25 heavy (non-hydrogen) atoms. The fraction of sp³-hybridized carbons (Fsp3) is 0.556. The van der Waals surface area contributed by atoms with Crippen molar-refractivity contribution < 1.29 is 28.5 Å². The van der Waals surface area contributed by atoms with Gasteiger partial charge in [-0.1, -0.05) is 6.07 Å². The number of hydrogen-bond acceptors (Lipinski definition) is 6. The van der Waals surface area contributed by atoms with Crippen molar-refractivity contribution in [3.63, 3.8) is 0 Å². The molecule has 1 aromatic carbocycles. The third-order valence-corrected chi connectivity index (χ3v) is 3.14. The zero-order valence-corrected chi connectivity index (χ0v) is 15.5. The highest BCUT2D eigenvalue weighted by Crippen LogP contribution is 2.24. The minimum absolute atomic E-state index is 0.209. The summed E-state index contributed by atoms with van der Waals surface area (Å²) < 4.78 is 20.8. The van der Waals surface area contributed by atoms with Crippen molar-refractivity contribution in [3.8, 4) is 5.75 Å². The van der Waals surface area contributed by atoms with E-state index in [1.54, 1.807) is 18.2 Å². The fourth-order valence-electron chi connectivity index (χ4n) is 2.06. The molecular weight excluding hydrogens is 326 g/mol. The Hall–Kier alpha value is -2.28. The van der Waals surface area contributed by atoms with Gasteiger partial charge in [-0.2, -0.15) is 0 Å². The van der Waals surface area contributed by atoms with Crippen LogP contribution in [0.5, 0.6) is 5.75 Å². The van der Waals surface area contributed by atoms with E-state index in [2.05, 4.69) is 5.32 Å². The van der Waals surface area contributed by atoms with Crippen LogP contribution in [0.25, 0.3) is 0 Å². The lowest BCUT2D eigenvalue weighted by Gasteiger charge is -2.19. The molecule has 0 heterocycles. The predicted molar refractivity (Wildman–Crippen MR) is 92.8 cm³/mol. The van der Waals surface area contributed by atoms with Gasteiger partial charge in [-0.25, -0.2) is 9.59 Å². The number of amides is 1. The lowest BCUT2D eigenvalue weighted by atomic mass is 10.1. The van der Waals surface area contributed by atoms with E-state index < -0.39 is 17.7 Å². The molecule has 0 aromatic heterocycles. The summed E-state index contributed by atoms with van der Waals surface area (Å²) in [5.74, 6) is 0.124. The minimum Gasteiger partial charge on any atom is -0.496 e. The van der Waals surface area contributed by atoms with Crippen LogP contribution in [0.15, 0.2) is 18.2 Å².